The molecule has 0 saturated heterocycles. The number of nitro benzene ring substituents is 1. The number of benzene rings is 8. The van der Waals surface area contributed by atoms with Crippen molar-refractivity contribution >= 4 is 70.7 Å². The molecule has 0 aliphatic carbocycles. The van der Waals surface area contributed by atoms with Gasteiger partial charge in [0.15, 0.2) is 4.90 Å². The average Bonchev–Trinajstić information content (AvgIpc) is 3.56. The smallest absolute Gasteiger partial charge is 0.335 e. The molecule has 6 N–H and O–H groups in total. The number of methoxy groups -OCH3 is 1. The maximum atomic E-state index is 12.5. The molecular formula is C59H56N4O21S3. The van der Waals surface area contributed by atoms with Gasteiger partial charge in [0.25, 0.3) is 25.7 Å². The molecule has 87 heavy (non-hydrogen) atoms. The summed E-state index contributed by atoms with van der Waals surface area (Å²) < 4.78 is 117. The van der Waals surface area contributed by atoms with Crippen LogP contribution < -0.4 is 47.3 Å². The molecule has 0 spiro atoms. The number of hydrogen-bond acceptors (Lipinski definition) is 18. The first-order chi connectivity index (χ1) is 41.5. The van der Waals surface area contributed by atoms with Gasteiger partial charge in [-0.1, -0.05) is 12.1 Å². The molecule has 28 heteroatoms. The number of para-hydroxylation sites is 1. The van der Waals surface area contributed by atoms with E-state index in [4.69, 9.17) is 48.5 Å². The minimum Gasteiger partial charge on any atom is -0.497 e. The Bertz CT molecular complexity index is 3920. The molecule has 8 aromatic rings. The number of aromatic carboxylic acids is 3. The number of rotatable bonds is 28. The molecule has 0 fully saturated rings. The number of sulfonamides is 3. The summed E-state index contributed by atoms with van der Waals surface area (Å²) in [5.41, 5.74) is 1.10. The first kappa shape index (κ1) is 65.6. The van der Waals surface area contributed by atoms with Crippen LogP contribution in [0.25, 0.3) is 0 Å². The van der Waals surface area contributed by atoms with Crippen LogP contribution in [-0.2, 0) is 30.1 Å². The van der Waals surface area contributed by atoms with Crippen molar-refractivity contribution in [2.45, 2.75) is 9.79 Å². The molecule has 0 aromatic heterocycles. The minimum absolute atomic E-state index is 0.127. The van der Waals surface area contributed by atoms with E-state index in [1.54, 1.807) is 109 Å². The molecule has 0 heterocycles. The van der Waals surface area contributed by atoms with Crippen LogP contribution in [0.3, 0.4) is 0 Å². The lowest BCUT2D eigenvalue weighted by Crippen LogP contribution is -2.14. The Morgan fingerprint density at radius 2 is 0.678 bits per heavy atom. The predicted octanol–water partition coefficient (Wildman–Crippen LogP) is 9.42. The van der Waals surface area contributed by atoms with E-state index in [-0.39, 0.29) is 60.3 Å². The highest BCUT2D eigenvalue weighted by Crippen LogP contribution is 2.27. The second-order valence-electron chi connectivity index (χ2n) is 17.6. The van der Waals surface area contributed by atoms with Gasteiger partial charge in [-0.2, -0.15) is 0 Å². The summed E-state index contributed by atoms with van der Waals surface area (Å²) in [6, 6.07) is 48.3. The van der Waals surface area contributed by atoms with E-state index < -0.39 is 63.5 Å². The van der Waals surface area contributed by atoms with Crippen molar-refractivity contribution in [3.05, 3.63) is 221 Å². The van der Waals surface area contributed by atoms with Crippen molar-refractivity contribution in [3.8, 4) is 40.2 Å². The average molecular weight is 1250 g/mol. The van der Waals surface area contributed by atoms with Crippen molar-refractivity contribution in [1.82, 2.24) is 0 Å². The number of nitro groups is 1. The van der Waals surface area contributed by atoms with Crippen LogP contribution in [-0.4, -0.2) is 116 Å². The first-order valence-electron chi connectivity index (χ1n) is 25.4. The molecule has 0 atom stereocenters. The fourth-order valence-electron chi connectivity index (χ4n) is 7.12. The number of carboxylic acid groups (broad SMARTS) is 3. The summed E-state index contributed by atoms with van der Waals surface area (Å²) in [5.74, 6) is 0.753. The molecule has 0 bridgehead atoms. The highest BCUT2D eigenvalue weighted by atomic mass is 32.2. The Kier molecular flexibility index (Phi) is 23.6. The maximum absolute atomic E-state index is 12.5. The van der Waals surface area contributed by atoms with Crippen LogP contribution in [0, 0.1) is 10.1 Å². The van der Waals surface area contributed by atoms with Crippen LogP contribution in [0.5, 0.6) is 40.2 Å². The van der Waals surface area contributed by atoms with E-state index in [2.05, 4.69) is 14.2 Å². The van der Waals surface area contributed by atoms with Crippen LogP contribution in [0.2, 0.25) is 0 Å². The third-order valence-corrected chi connectivity index (χ3v) is 14.7. The van der Waals surface area contributed by atoms with Gasteiger partial charge in [-0.3, -0.25) is 24.3 Å². The topological polar surface area (TPSA) is 358 Å². The lowest BCUT2D eigenvalue weighted by molar-refractivity contribution is -0.387. The maximum Gasteiger partial charge on any atom is 0.335 e. The summed E-state index contributed by atoms with van der Waals surface area (Å²) in [6.45, 7) is 1.51. The number of hydrogen-bond donors (Lipinski definition) is 6. The summed E-state index contributed by atoms with van der Waals surface area (Å²) >= 11 is 0. The fraction of sp³-hybridized carbons (Fsp3) is 0.136. The zero-order valence-electron chi connectivity index (χ0n) is 46.1. The summed E-state index contributed by atoms with van der Waals surface area (Å²) in [5, 5.41) is 37.6. The monoisotopic (exact) mass is 1250 g/mol. The van der Waals surface area contributed by atoms with Crippen LogP contribution in [0.15, 0.2) is 204 Å². The van der Waals surface area contributed by atoms with Crippen LogP contribution in [0.4, 0.5) is 22.7 Å². The fourth-order valence-corrected chi connectivity index (χ4v) is 9.98. The van der Waals surface area contributed by atoms with Crippen molar-refractivity contribution in [1.29, 1.82) is 0 Å². The Balaban J connectivity index is 0.000000211. The number of nitrogens with zero attached hydrogens (tertiary/aromatic N) is 1. The number of carbonyl (C=O) groups is 3. The summed E-state index contributed by atoms with van der Waals surface area (Å²) in [6.07, 6.45) is 1.08. The largest absolute Gasteiger partial charge is 0.497 e. The van der Waals surface area contributed by atoms with Gasteiger partial charge in [0.1, 0.15) is 79.9 Å². The highest BCUT2D eigenvalue weighted by Gasteiger charge is 2.25. The summed E-state index contributed by atoms with van der Waals surface area (Å²) in [7, 11) is -9.65. The number of carboxylic acids is 3. The summed E-state index contributed by atoms with van der Waals surface area (Å²) in [4.78, 5) is 42.4. The predicted molar refractivity (Wildman–Crippen MR) is 319 cm³/mol. The van der Waals surface area contributed by atoms with E-state index in [0.29, 0.717) is 58.2 Å². The van der Waals surface area contributed by atoms with E-state index >= 15 is 0 Å². The van der Waals surface area contributed by atoms with E-state index in [1.807, 2.05) is 0 Å². The van der Waals surface area contributed by atoms with Gasteiger partial charge in [-0.25, -0.2) is 39.6 Å². The van der Waals surface area contributed by atoms with Crippen molar-refractivity contribution in [2.75, 3.05) is 67.2 Å². The lowest BCUT2D eigenvalue weighted by Gasteiger charge is -2.11. The number of anilines is 3. The zero-order chi connectivity index (χ0) is 63.0. The Hall–Kier alpha value is -10.6. The number of nitrogens with one attached hydrogen (secondary N) is 3. The zero-order valence-corrected chi connectivity index (χ0v) is 48.5. The van der Waals surface area contributed by atoms with Crippen molar-refractivity contribution in [2.24, 2.45) is 0 Å². The van der Waals surface area contributed by atoms with E-state index in [9.17, 15) is 49.8 Å². The van der Waals surface area contributed by atoms with Gasteiger partial charge >= 0.3 is 17.9 Å². The highest BCUT2D eigenvalue weighted by molar-refractivity contribution is 7.93. The Labute approximate surface area is 499 Å². The minimum atomic E-state index is -4.15. The van der Waals surface area contributed by atoms with Gasteiger partial charge < -0.3 is 48.5 Å². The third-order valence-electron chi connectivity index (χ3n) is 11.3. The quantitative estimate of drug-likeness (QED) is 0.0151. The van der Waals surface area contributed by atoms with Crippen molar-refractivity contribution < 1.29 is 93.0 Å². The molecule has 0 radical (unpaired) electrons. The molecule has 0 aliphatic heterocycles. The Morgan fingerprint density at radius 1 is 0.402 bits per heavy atom. The van der Waals surface area contributed by atoms with Gasteiger partial charge in [0, 0.05) is 23.1 Å². The van der Waals surface area contributed by atoms with Gasteiger partial charge in [0.05, 0.1) is 39.9 Å². The van der Waals surface area contributed by atoms with Crippen molar-refractivity contribution in [3.63, 3.8) is 0 Å². The molecule has 0 amide bonds. The second kappa shape index (κ2) is 31.4. The SMILES string of the molecule is COc1ccc(S(=O)(=O)Nc2ccc(OCCOc3ccc(C(=O)O)cc3)cc2)cc1.CS(=O)(=O)Nc1ccc(OCCOc2ccc(C(=O)O)cc2)cc1.O=C(O)c1ccc(OCCOc2ccc(NS(=O)(=O)c3ccccc3[N+](=O)[O-])cc2)cc1. The van der Waals surface area contributed by atoms with Gasteiger partial charge in [0.2, 0.25) is 10.0 Å². The van der Waals surface area contributed by atoms with Gasteiger partial charge in [-0.15, -0.1) is 0 Å². The molecule has 0 aliphatic rings. The molecule has 8 rings (SSSR count). The van der Waals surface area contributed by atoms with E-state index in [1.165, 1.54) is 79.9 Å². The lowest BCUT2D eigenvalue weighted by atomic mass is 10.2. The first-order valence-corrected chi connectivity index (χ1v) is 30.3. The Morgan fingerprint density at radius 3 is 0.966 bits per heavy atom. The van der Waals surface area contributed by atoms with Crippen LogP contribution >= 0.6 is 0 Å². The second-order valence-corrected chi connectivity index (χ2v) is 22.7. The van der Waals surface area contributed by atoms with Crippen LogP contribution in [0.1, 0.15) is 31.1 Å². The molecule has 8 aromatic carbocycles. The standard InChI is InChI=1S/C22H21NO7S.C21H18N2O8S.C16H17NO6S/c1-28-18-10-12-21(13-11-18)31(26,27)23-17-4-8-20(9-5-17)30-15-14-29-19-6-2-16(3-7-19)22(24)25;24-21(25)15-5-9-17(10-6-15)30-13-14-31-18-11-7-16(8-12-18)22-32(28,29)20-4-2-1-3-19(20)23(26)27;1-24(20,21)17-13-4-8-15(9-5-13)23-11-10-22-14-6-2-12(3-7-14)16(18)19/h2-13,23H,14-15H2,1H3,(H,24,25);1-12,22H,13-14H2,(H,24,25);2-9,17H,10-11H2,1H3,(H,18,19). The third kappa shape index (κ3) is 21.8. The molecule has 0 saturated carbocycles. The van der Waals surface area contributed by atoms with Gasteiger partial charge in [-0.05, 0) is 176 Å². The number of ether oxygens (including phenoxy) is 7. The normalized spacial score (nSPS) is 10.9. The molecule has 25 nitrogen and oxygen atoms in total. The molecular weight excluding hydrogens is 1200 g/mol. The molecule has 0 unspecified atom stereocenters. The molecule has 456 valence electrons. The van der Waals surface area contributed by atoms with E-state index in [0.717, 1.165) is 18.4 Å².